The molecule has 1 heterocycles. The van der Waals surface area contributed by atoms with Gasteiger partial charge in [0.25, 0.3) is 0 Å². The van der Waals surface area contributed by atoms with Crippen molar-refractivity contribution in [2.45, 2.75) is 40.0 Å². The van der Waals surface area contributed by atoms with Crippen LogP contribution in [0, 0.1) is 12.8 Å². The maximum atomic E-state index is 11.4. The number of hydrogen-bond donors (Lipinski definition) is 0. The van der Waals surface area contributed by atoms with E-state index in [1.165, 1.54) is 11.9 Å². The van der Waals surface area contributed by atoms with Gasteiger partial charge in [-0.25, -0.2) is 14.8 Å². The first kappa shape index (κ1) is 15.5. The topological polar surface area (TPSA) is 61.3 Å². The van der Waals surface area contributed by atoms with Gasteiger partial charge in [-0.05, 0) is 44.6 Å². The van der Waals surface area contributed by atoms with Crippen LogP contribution < -0.4 is 4.74 Å². The van der Waals surface area contributed by atoms with Crippen LogP contribution in [0.3, 0.4) is 0 Å². The molecule has 1 aliphatic carbocycles. The summed E-state index contributed by atoms with van der Waals surface area (Å²) in [7, 11) is 0. The van der Waals surface area contributed by atoms with Gasteiger partial charge in [-0.2, -0.15) is 0 Å². The minimum Gasteiger partial charge on any atom is -0.465 e. The average molecular weight is 290 g/mol. The number of hydrogen-bond acceptors (Lipinski definition) is 5. The first-order chi connectivity index (χ1) is 10.1. The van der Waals surface area contributed by atoms with Crippen molar-refractivity contribution in [2.24, 2.45) is 5.92 Å². The Bertz CT molecular complexity index is 540. The Labute approximate surface area is 125 Å². The first-order valence-corrected chi connectivity index (χ1v) is 7.41. The summed E-state index contributed by atoms with van der Waals surface area (Å²) in [5, 5.41) is 0. The third kappa shape index (κ3) is 4.03. The summed E-state index contributed by atoms with van der Waals surface area (Å²) in [6.45, 7) is 6.18. The zero-order valence-corrected chi connectivity index (χ0v) is 12.9. The maximum absolute atomic E-state index is 11.4. The molecule has 114 valence electrons. The number of carbonyl (C=O) groups excluding carboxylic acids is 1. The molecule has 5 heteroatoms. The molecular weight excluding hydrogens is 268 g/mol. The predicted octanol–water partition coefficient (Wildman–Crippen LogP) is 2.93. The van der Waals surface area contributed by atoms with Crippen molar-refractivity contribution in [3.63, 3.8) is 0 Å². The number of aromatic nitrogens is 2. The van der Waals surface area contributed by atoms with Gasteiger partial charge in [0.2, 0.25) is 5.88 Å². The van der Waals surface area contributed by atoms with Crippen LogP contribution in [0.4, 0.5) is 0 Å². The van der Waals surface area contributed by atoms with E-state index in [0.29, 0.717) is 18.4 Å². The smallest absolute Gasteiger partial charge is 0.344 e. The molecule has 0 N–H and O–H groups in total. The van der Waals surface area contributed by atoms with Gasteiger partial charge < -0.3 is 9.47 Å². The normalized spacial score (nSPS) is 18.0. The molecular formula is C16H22N2O3. The molecule has 5 nitrogen and oxygen atoms in total. The third-order valence-electron chi connectivity index (χ3n) is 3.63. The Morgan fingerprint density at radius 1 is 1.43 bits per heavy atom. The first-order valence-electron chi connectivity index (χ1n) is 7.41. The van der Waals surface area contributed by atoms with Crippen molar-refractivity contribution in [3.05, 3.63) is 23.7 Å². The fourth-order valence-corrected chi connectivity index (χ4v) is 2.45. The summed E-state index contributed by atoms with van der Waals surface area (Å²) in [6.07, 6.45) is 6.89. The van der Waals surface area contributed by atoms with Crippen LogP contribution in [0.5, 0.6) is 5.88 Å². The molecule has 0 bridgehead atoms. The van der Waals surface area contributed by atoms with E-state index in [-0.39, 0.29) is 12.6 Å². The van der Waals surface area contributed by atoms with Crippen LogP contribution in [0.25, 0.3) is 5.57 Å². The highest BCUT2D eigenvalue weighted by Crippen LogP contribution is 2.34. The lowest BCUT2D eigenvalue weighted by molar-refractivity contribution is -0.145. The molecule has 1 aromatic heterocycles. The highest BCUT2D eigenvalue weighted by atomic mass is 16.6. The molecule has 1 aliphatic rings. The number of ether oxygens (including phenoxy) is 2. The van der Waals surface area contributed by atoms with Gasteiger partial charge in [-0.15, -0.1) is 0 Å². The van der Waals surface area contributed by atoms with Crippen LogP contribution in [0.2, 0.25) is 0 Å². The molecule has 0 saturated heterocycles. The number of rotatable bonds is 5. The van der Waals surface area contributed by atoms with Crippen LogP contribution in [0.1, 0.15) is 44.4 Å². The highest BCUT2D eigenvalue weighted by Gasteiger charge is 2.19. The van der Waals surface area contributed by atoms with Crippen molar-refractivity contribution in [1.82, 2.24) is 9.97 Å². The molecule has 0 radical (unpaired) electrons. The second kappa shape index (κ2) is 7.20. The lowest BCUT2D eigenvalue weighted by Crippen LogP contribution is -2.16. The Morgan fingerprint density at radius 3 is 2.90 bits per heavy atom. The van der Waals surface area contributed by atoms with Crippen LogP contribution in [-0.2, 0) is 9.53 Å². The molecule has 21 heavy (non-hydrogen) atoms. The SMILES string of the molecule is CCOC(=O)COc1ncnc(C)c1C1=CCC(C)CC1. The standard InChI is InChI=1S/C16H22N2O3/c1-4-20-14(19)9-21-16-15(12(3)17-10-18-16)13-7-5-11(2)6-8-13/h7,10-11H,4-6,8-9H2,1-3H3. The minimum atomic E-state index is -0.383. The van der Waals surface area contributed by atoms with Crippen molar-refractivity contribution in [2.75, 3.05) is 13.2 Å². The van der Waals surface area contributed by atoms with Crippen molar-refractivity contribution < 1.29 is 14.3 Å². The minimum absolute atomic E-state index is 0.124. The highest BCUT2D eigenvalue weighted by molar-refractivity contribution is 5.73. The fourth-order valence-electron chi connectivity index (χ4n) is 2.45. The molecule has 1 unspecified atom stereocenters. The summed E-state index contributed by atoms with van der Waals surface area (Å²) in [5.41, 5.74) is 3.02. The van der Waals surface area contributed by atoms with E-state index in [0.717, 1.165) is 30.5 Å². The van der Waals surface area contributed by atoms with Gasteiger partial charge >= 0.3 is 5.97 Å². The zero-order valence-electron chi connectivity index (χ0n) is 12.9. The molecule has 0 fully saturated rings. The quantitative estimate of drug-likeness (QED) is 0.780. The second-order valence-corrected chi connectivity index (χ2v) is 5.34. The maximum Gasteiger partial charge on any atom is 0.344 e. The molecule has 0 spiro atoms. The van der Waals surface area contributed by atoms with Crippen molar-refractivity contribution >= 4 is 11.5 Å². The van der Waals surface area contributed by atoms with E-state index in [1.54, 1.807) is 6.92 Å². The van der Waals surface area contributed by atoms with E-state index >= 15 is 0 Å². The van der Waals surface area contributed by atoms with Gasteiger partial charge in [0.05, 0.1) is 17.9 Å². The summed E-state index contributed by atoms with van der Waals surface area (Å²) in [6, 6.07) is 0. The molecule has 1 atom stereocenters. The zero-order chi connectivity index (χ0) is 15.2. The molecule has 0 saturated carbocycles. The molecule has 0 aromatic carbocycles. The molecule has 0 aliphatic heterocycles. The number of aryl methyl sites for hydroxylation is 1. The Balaban J connectivity index is 2.18. The summed E-state index contributed by atoms with van der Waals surface area (Å²) in [5.74, 6) is 0.796. The second-order valence-electron chi connectivity index (χ2n) is 5.34. The van der Waals surface area contributed by atoms with Crippen LogP contribution >= 0.6 is 0 Å². The van der Waals surface area contributed by atoms with Crippen molar-refractivity contribution in [1.29, 1.82) is 0 Å². The summed E-state index contributed by atoms with van der Waals surface area (Å²) < 4.78 is 10.4. The predicted molar refractivity (Wildman–Crippen MR) is 79.9 cm³/mol. The largest absolute Gasteiger partial charge is 0.465 e. The van der Waals surface area contributed by atoms with Gasteiger partial charge in [-0.1, -0.05) is 13.0 Å². The van der Waals surface area contributed by atoms with E-state index in [1.807, 2.05) is 6.92 Å². The monoisotopic (exact) mass is 290 g/mol. The molecule has 0 amide bonds. The Hall–Kier alpha value is -1.91. The summed E-state index contributed by atoms with van der Waals surface area (Å²) in [4.78, 5) is 19.9. The van der Waals surface area contributed by atoms with E-state index in [2.05, 4.69) is 23.0 Å². The van der Waals surface area contributed by atoms with Crippen LogP contribution in [-0.4, -0.2) is 29.2 Å². The number of esters is 1. The Morgan fingerprint density at radius 2 is 2.24 bits per heavy atom. The van der Waals surface area contributed by atoms with Gasteiger partial charge in [-0.3, -0.25) is 0 Å². The summed E-state index contributed by atoms with van der Waals surface area (Å²) >= 11 is 0. The van der Waals surface area contributed by atoms with Crippen molar-refractivity contribution in [3.8, 4) is 5.88 Å². The average Bonchev–Trinajstić information content (AvgIpc) is 2.47. The van der Waals surface area contributed by atoms with Gasteiger partial charge in [0.15, 0.2) is 6.61 Å². The molecule has 2 rings (SSSR count). The van der Waals surface area contributed by atoms with E-state index in [4.69, 9.17) is 9.47 Å². The van der Waals surface area contributed by atoms with Gasteiger partial charge in [0.1, 0.15) is 6.33 Å². The van der Waals surface area contributed by atoms with E-state index < -0.39 is 0 Å². The van der Waals surface area contributed by atoms with E-state index in [9.17, 15) is 4.79 Å². The fraction of sp³-hybridized carbons (Fsp3) is 0.562. The molecule has 1 aromatic rings. The third-order valence-corrected chi connectivity index (χ3v) is 3.63. The van der Waals surface area contributed by atoms with Crippen LogP contribution in [0.15, 0.2) is 12.4 Å². The van der Waals surface area contributed by atoms with Gasteiger partial charge in [0, 0.05) is 0 Å². The Kier molecular flexibility index (Phi) is 5.31. The lowest BCUT2D eigenvalue weighted by atomic mass is 9.87. The lowest BCUT2D eigenvalue weighted by Gasteiger charge is -2.20. The number of nitrogens with zero attached hydrogens (tertiary/aromatic N) is 2. The number of allylic oxidation sites excluding steroid dienone is 2. The number of carbonyl (C=O) groups is 1.